The molecule has 118 valence electrons. The van der Waals surface area contributed by atoms with Gasteiger partial charge in [-0.3, -0.25) is 4.79 Å². The Balaban J connectivity index is 2.03. The van der Waals surface area contributed by atoms with Crippen LogP contribution in [0.3, 0.4) is 0 Å². The smallest absolute Gasteiger partial charge is 0.252 e. The van der Waals surface area contributed by atoms with Crippen LogP contribution in [0.5, 0.6) is 0 Å². The predicted molar refractivity (Wildman–Crippen MR) is 83.9 cm³/mol. The molecule has 0 aromatic carbocycles. The van der Waals surface area contributed by atoms with Gasteiger partial charge in [0.05, 0.1) is 6.42 Å². The molecule has 0 saturated carbocycles. The molecule has 1 fully saturated rings. The van der Waals surface area contributed by atoms with Gasteiger partial charge in [0.15, 0.2) is 0 Å². The molecule has 2 heterocycles. The maximum atomic E-state index is 12.5. The number of nitrogens with one attached hydrogen (secondary N) is 1. The van der Waals surface area contributed by atoms with Gasteiger partial charge in [0.25, 0.3) is 10.0 Å². The summed E-state index contributed by atoms with van der Waals surface area (Å²) in [5.41, 5.74) is 0. The van der Waals surface area contributed by atoms with Crippen molar-refractivity contribution in [1.82, 2.24) is 9.62 Å². The fraction of sp³-hybridized carbons (Fsp3) is 0.643. The van der Waals surface area contributed by atoms with Gasteiger partial charge in [0.2, 0.25) is 5.91 Å². The van der Waals surface area contributed by atoms with E-state index in [1.165, 1.54) is 11.3 Å². The number of piperidine rings is 1. The van der Waals surface area contributed by atoms with Gasteiger partial charge in [-0.05, 0) is 31.4 Å². The van der Waals surface area contributed by atoms with Gasteiger partial charge in [-0.2, -0.15) is 4.31 Å². The van der Waals surface area contributed by atoms with E-state index in [0.29, 0.717) is 23.8 Å². The molecular formula is C14H22N2O3S2. The summed E-state index contributed by atoms with van der Waals surface area (Å²) < 4.78 is 26.9. The van der Waals surface area contributed by atoms with E-state index in [9.17, 15) is 13.2 Å². The number of amides is 1. The van der Waals surface area contributed by atoms with Gasteiger partial charge in [0.1, 0.15) is 4.21 Å². The summed E-state index contributed by atoms with van der Waals surface area (Å²) in [4.78, 5) is 12.5. The molecule has 7 heteroatoms. The first-order valence-corrected chi connectivity index (χ1v) is 9.65. The van der Waals surface area contributed by atoms with Crippen molar-refractivity contribution in [3.63, 3.8) is 0 Å². The Hall–Kier alpha value is -0.920. The second-order valence-corrected chi connectivity index (χ2v) is 8.55. The molecule has 2 rings (SSSR count). The molecule has 1 amide bonds. The Morgan fingerprint density at radius 1 is 1.29 bits per heavy atom. The monoisotopic (exact) mass is 330 g/mol. The van der Waals surface area contributed by atoms with E-state index in [1.54, 1.807) is 16.4 Å². The van der Waals surface area contributed by atoms with Crippen LogP contribution in [0.15, 0.2) is 16.3 Å². The van der Waals surface area contributed by atoms with E-state index in [1.807, 2.05) is 6.92 Å². The fourth-order valence-corrected chi connectivity index (χ4v) is 5.34. The predicted octanol–water partition coefficient (Wildman–Crippen LogP) is 1.99. The number of carbonyl (C=O) groups is 1. The molecule has 1 aromatic heterocycles. The van der Waals surface area contributed by atoms with Crippen molar-refractivity contribution in [3.05, 3.63) is 17.0 Å². The van der Waals surface area contributed by atoms with Gasteiger partial charge in [-0.25, -0.2) is 8.42 Å². The quantitative estimate of drug-likeness (QED) is 0.867. The summed E-state index contributed by atoms with van der Waals surface area (Å²) in [5.74, 6) is -0.0550. The average molecular weight is 330 g/mol. The zero-order valence-corrected chi connectivity index (χ0v) is 13.9. The molecule has 0 spiro atoms. The molecule has 0 unspecified atom stereocenters. The first kappa shape index (κ1) is 16.5. The highest BCUT2D eigenvalue weighted by molar-refractivity contribution is 7.91. The summed E-state index contributed by atoms with van der Waals surface area (Å²) in [6.45, 7) is 3.86. The SMILES string of the molecule is CCCNC(=O)Cc1ccc(S(=O)(=O)N2CCCCC2)s1. The molecule has 1 aliphatic heterocycles. The summed E-state index contributed by atoms with van der Waals surface area (Å²) >= 11 is 1.20. The highest BCUT2D eigenvalue weighted by Gasteiger charge is 2.27. The molecule has 0 atom stereocenters. The molecule has 1 saturated heterocycles. The Kier molecular flexibility index (Phi) is 5.78. The first-order valence-electron chi connectivity index (χ1n) is 7.39. The van der Waals surface area contributed by atoms with Crippen molar-refractivity contribution >= 4 is 27.3 Å². The lowest BCUT2D eigenvalue weighted by Gasteiger charge is -2.25. The van der Waals surface area contributed by atoms with E-state index in [0.717, 1.165) is 30.6 Å². The summed E-state index contributed by atoms with van der Waals surface area (Å²) in [5, 5.41) is 2.80. The molecule has 0 bridgehead atoms. The van der Waals surface area contributed by atoms with Crippen LogP contribution in [0, 0.1) is 0 Å². The summed E-state index contributed by atoms with van der Waals surface area (Å²) in [6.07, 6.45) is 4.10. The van der Waals surface area contributed by atoms with E-state index in [2.05, 4.69) is 5.32 Å². The number of hydrogen-bond acceptors (Lipinski definition) is 4. The van der Waals surface area contributed by atoms with Crippen molar-refractivity contribution < 1.29 is 13.2 Å². The lowest BCUT2D eigenvalue weighted by molar-refractivity contribution is -0.120. The number of carbonyl (C=O) groups excluding carboxylic acids is 1. The number of hydrogen-bond donors (Lipinski definition) is 1. The largest absolute Gasteiger partial charge is 0.356 e. The standard InChI is InChI=1S/C14H22N2O3S2/c1-2-8-15-13(17)11-12-6-7-14(20-12)21(18,19)16-9-4-3-5-10-16/h6-7H,2-5,8-11H2,1H3,(H,15,17). The minimum atomic E-state index is -3.37. The van der Waals surface area contributed by atoms with Crippen LogP contribution in [-0.4, -0.2) is 38.3 Å². The number of thiophene rings is 1. The van der Waals surface area contributed by atoms with Crippen LogP contribution >= 0.6 is 11.3 Å². The molecule has 1 aromatic rings. The minimum absolute atomic E-state index is 0.0550. The van der Waals surface area contributed by atoms with E-state index in [4.69, 9.17) is 0 Å². The number of rotatable bonds is 6. The van der Waals surface area contributed by atoms with Gasteiger partial charge < -0.3 is 5.32 Å². The Morgan fingerprint density at radius 2 is 2.00 bits per heavy atom. The van der Waals surface area contributed by atoms with Crippen LogP contribution in [-0.2, 0) is 21.2 Å². The lowest BCUT2D eigenvalue weighted by atomic mass is 10.2. The van der Waals surface area contributed by atoms with Crippen molar-refractivity contribution in [1.29, 1.82) is 0 Å². The molecule has 1 N–H and O–H groups in total. The number of nitrogens with zero attached hydrogens (tertiary/aromatic N) is 1. The van der Waals surface area contributed by atoms with Crippen LogP contribution in [0.25, 0.3) is 0 Å². The van der Waals surface area contributed by atoms with Crippen molar-refractivity contribution in [3.8, 4) is 0 Å². The lowest BCUT2D eigenvalue weighted by Crippen LogP contribution is -2.35. The Morgan fingerprint density at radius 3 is 2.67 bits per heavy atom. The van der Waals surface area contributed by atoms with Crippen LogP contribution in [0.2, 0.25) is 0 Å². The molecule has 0 radical (unpaired) electrons. The second-order valence-electron chi connectivity index (χ2n) is 5.21. The molecule has 5 nitrogen and oxygen atoms in total. The van der Waals surface area contributed by atoms with E-state index < -0.39 is 10.0 Å². The van der Waals surface area contributed by atoms with Gasteiger partial charge >= 0.3 is 0 Å². The molecule has 21 heavy (non-hydrogen) atoms. The van der Waals surface area contributed by atoms with Crippen LogP contribution in [0.1, 0.15) is 37.5 Å². The maximum absolute atomic E-state index is 12.5. The van der Waals surface area contributed by atoms with Crippen LogP contribution < -0.4 is 5.32 Å². The second kappa shape index (κ2) is 7.38. The molecule has 1 aliphatic rings. The van der Waals surface area contributed by atoms with Crippen molar-refractivity contribution in [2.75, 3.05) is 19.6 Å². The first-order chi connectivity index (χ1) is 10.0. The average Bonchev–Trinajstić information content (AvgIpc) is 2.95. The summed E-state index contributed by atoms with van der Waals surface area (Å²) in [7, 11) is -3.37. The highest BCUT2D eigenvalue weighted by Crippen LogP contribution is 2.27. The van der Waals surface area contributed by atoms with E-state index in [-0.39, 0.29) is 12.3 Å². The van der Waals surface area contributed by atoms with Crippen molar-refractivity contribution in [2.24, 2.45) is 0 Å². The number of sulfonamides is 1. The molecule has 0 aliphatic carbocycles. The van der Waals surface area contributed by atoms with Gasteiger partial charge in [-0.1, -0.05) is 13.3 Å². The normalized spacial score (nSPS) is 16.8. The van der Waals surface area contributed by atoms with E-state index >= 15 is 0 Å². The topological polar surface area (TPSA) is 66.5 Å². The third kappa shape index (κ3) is 4.28. The van der Waals surface area contributed by atoms with Crippen molar-refractivity contribution in [2.45, 2.75) is 43.2 Å². The maximum Gasteiger partial charge on any atom is 0.252 e. The Labute approximate surface area is 130 Å². The molecular weight excluding hydrogens is 308 g/mol. The van der Waals surface area contributed by atoms with Gasteiger partial charge in [-0.15, -0.1) is 11.3 Å². The zero-order chi connectivity index (χ0) is 15.3. The highest BCUT2D eigenvalue weighted by atomic mass is 32.2. The summed E-state index contributed by atoms with van der Waals surface area (Å²) in [6, 6.07) is 3.37. The third-order valence-electron chi connectivity index (χ3n) is 3.45. The Bertz CT molecular complexity index is 575. The van der Waals surface area contributed by atoms with Crippen LogP contribution in [0.4, 0.5) is 0 Å². The van der Waals surface area contributed by atoms with Gasteiger partial charge in [0, 0.05) is 24.5 Å². The third-order valence-corrected chi connectivity index (χ3v) is 6.90. The minimum Gasteiger partial charge on any atom is -0.356 e. The fourth-order valence-electron chi connectivity index (χ4n) is 2.31. The zero-order valence-electron chi connectivity index (χ0n) is 12.3.